The van der Waals surface area contributed by atoms with Crippen LogP contribution in [0.1, 0.15) is 23.6 Å². The quantitative estimate of drug-likeness (QED) is 0.135. The molecule has 0 aliphatic carbocycles. The summed E-state index contributed by atoms with van der Waals surface area (Å²) in [5.41, 5.74) is 0.280. The second-order valence-corrected chi connectivity index (χ2v) is 8.64. The van der Waals surface area contributed by atoms with Crippen molar-refractivity contribution < 1.29 is 51.6 Å². The van der Waals surface area contributed by atoms with Crippen molar-refractivity contribution in [2.45, 2.75) is 39.3 Å². The lowest BCUT2D eigenvalue weighted by Gasteiger charge is -2.29. The zero-order valence-electron chi connectivity index (χ0n) is 18.7. The number of carbonyl (C=O) groups is 2. The van der Waals surface area contributed by atoms with Crippen LogP contribution in [-0.4, -0.2) is 60.5 Å². The van der Waals surface area contributed by atoms with Gasteiger partial charge in [-0.15, -0.1) is 10.1 Å². The Labute approximate surface area is 206 Å². The Balaban J connectivity index is 1.97. The van der Waals surface area contributed by atoms with Crippen molar-refractivity contribution in [3.05, 3.63) is 43.5 Å². The van der Waals surface area contributed by atoms with Gasteiger partial charge < -0.3 is 23.8 Å². The predicted molar refractivity (Wildman–Crippen MR) is 118 cm³/mol. The van der Waals surface area contributed by atoms with Crippen molar-refractivity contribution in [3.8, 4) is 5.75 Å². The summed E-state index contributed by atoms with van der Waals surface area (Å²) in [4.78, 5) is 38.3. The fourth-order valence-corrected chi connectivity index (χ4v) is 3.67. The molecule has 0 radical (unpaired) electrons. The van der Waals surface area contributed by atoms with Gasteiger partial charge >= 0.3 is 18.3 Å². The number of nitrogens with zero attached hydrogens (tertiary/aromatic N) is 1. The first-order chi connectivity index (χ1) is 16.3. The molecule has 2 atom stereocenters. The summed E-state index contributed by atoms with van der Waals surface area (Å²) in [6, 6.07) is 1.34. The van der Waals surface area contributed by atoms with Crippen molar-refractivity contribution in [3.63, 3.8) is 0 Å². The summed E-state index contributed by atoms with van der Waals surface area (Å²) in [5, 5.41) is 9.38. The highest BCUT2D eigenvalue weighted by Crippen LogP contribution is 2.41. The molecule has 1 heterocycles. The number of thioether (sulfide) groups is 1. The number of ether oxygens (including phenoxy) is 4. The number of esters is 1. The smallest absolute Gasteiger partial charge is 0.475 e. The Morgan fingerprint density at radius 1 is 1.26 bits per heavy atom. The minimum atomic E-state index is -4.94. The second kappa shape index (κ2) is 12.2. The molecule has 10 nitrogen and oxygen atoms in total. The van der Waals surface area contributed by atoms with Crippen molar-refractivity contribution in [1.82, 2.24) is 0 Å². The SMILES string of the molecule is Cc1cc2c(c(C)c1Cl)C=C(C(=O)OC(C)OC(=O)OCCSCCO[N+](=O)[O-])[C@@H](C(F)(F)F)O2. The van der Waals surface area contributed by atoms with Gasteiger partial charge in [0.05, 0.1) is 5.57 Å². The molecule has 1 aromatic rings. The maximum absolute atomic E-state index is 13.6. The minimum Gasteiger partial charge on any atom is -0.475 e. The van der Waals surface area contributed by atoms with Gasteiger partial charge in [0.25, 0.3) is 5.09 Å². The number of aryl methyl sites for hydroxylation is 1. The van der Waals surface area contributed by atoms with Crippen LogP contribution in [0.4, 0.5) is 18.0 Å². The van der Waals surface area contributed by atoms with E-state index in [0.717, 1.165) is 13.0 Å². The van der Waals surface area contributed by atoms with E-state index >= 15 is 0 Å². The molecule has 0 aromatic heterocycles. The molecule has 0 N–H and O–H groups in total. The molecule has 1 unspecified atom stereocenters. The topological polar surface area (TPSA) is 123 Å². The lowest BCUT2D eigenvalue weighted by Crippen LogP contribution is -2.41. The molecule has 0 saturated heterocycles. The summed E-state index contributed by atoms with van der Waals surface area (Å²) in [7, 11) is 0. The van der Waals surface area contributed by atoms with Crippen LogP contribution in [0.5, 0.6) is 5.75 Å². The number of carbonyl (C=O) groups excluding carboxylic acids is 2. The first kappa shape index (κ1) is 28.4. The average Bonchev–Trinajstić information content (AvgIpc) is 2.75. The third-order valence-electron chi connectivity index (χ3n) is 4.46. The molecule has 1 aromatic carbocycles. The molecular weight excluding hydrogens is 523 g/mol. The molecule has 0 fully saturated rings. The Kier molecular flexibility index (Phi) is 9.89. The predicted octanol–water partition coefficient (Wildman–Crippen LogP) is 4.65. The Hall–Kier alpha value is -2.87. The van der Waals surface area contributed by atoms with E-state index in [0.29, 0.717) is 16.1 Å². The summed E-state index contributed by atoms with van der Waals surface area (Å²) in [6.07, 6.45) is -9.34. The zero-order valence-corrected chi connectivity index (χ0v) is 20.3. The highest BCUT2D eigenvalue weighted by molar-refractivity contribution is 7.99. The van der Waals surface area contributed by atoms with Crippen LogP contribution >= 0.6 is 23.4 Å². The van der Waals surface area contributed by atoms with E-state index in [4.69, 9.17) is 30.5 Å². The van der Waals surface area contributed by atoms with Gasteiger partial charge in [-0.1, -0.05) is 11.6 Å². The fraction of sp³-hybridized carbons (Fsp3) is 0.500. The van der Waals surface area contributed by atoms with E-state index in [9.17, 15) is 32.9 Å². The molecule has 2 rings (SSSR count). The average molecular weight is 544 g/mol. The van der Waals surface area contributed by atoms with Gasteiger partial charge in [0.2, 0.25) is 12.4 Å². The number of alkyl halides is 3. The lowest BCUT2D eigenvalue weighted by molar-refractivity contribution is -0.756. The molecule has 0 amide bonds. The zero-order chi connectivity index (χ0) is 26.3. The van der Waals surface area contributed by atoms with Gasteiger partial charge in [0, 0.05) is 29.0 Å². The van der Waals surface area contributed by atoms with Gasteiger partial charge in [-0.2, -0.15) is 24.9 Å². The molecule has 0 bridgehead atoms. The Bertz CT molecular complexity index is 1000. The second-order valence-electron chi connectivity index (χ2n) is 7.04. The summed E-state index contributed by atoms with van der Waals surface area (Å²) in [5.74, 6) is -0.948. The minimum absolute atomic E-state index is 0.0843. The third kappa shape index (κ3) is 8.09. The van der Waals surface area contributed by atoms with Crippen LogP contribution in [-0.2, 0) is 23.8 Å². The third-order valence-corrected chi connectivity index (χ3v) is 5.95. The first-order valence-electron chi connectivity index (χ1n) is 9.95. The van der Waals surface area contributed by atoms with Crippen molar-refractivity contribution in [2.24, 2.45) is 0 Å². The van der Waals surface area contributed by atoms with E-state index in [1.165, 1.54) is 17.8 Å². The maximum atomic E-state index is 13.6. The van der Waals surface area contributed by atoms with Crippen molar-refractivity contribution >= 4 is 41.6 Å². The highest BCUT2D eigenvalue weighted by Gasteiger charge is 2.49. The van der Waals surface area contributed by atoms with Crippen LogP contribution in [0.15, 0.2) is 11.6 Å². The van der Waals surface area contributed by atoms with Crippen molar-refractivity contribution in [2.75, 3.05) is 24.7 Å². The number of hydrogen-bond acceptors (Lipinski definition) is 10. The molecule has 35 heavy (non-hydrogen) atoms. The van der Waals surface area contributed by atoms with Crippen LogP contribution in [0.25, 0.3) is 6.08 Å². The van der Waals surface area contributed by atoms with Crippen molar-refractivity contribution in [1.29, 1.82) is 0 Å². The molecule has 1 aliphatic heterocycles. The normalized spacial score (nSPS) is 15.7. The fourth-order valence-electron chi connectivity index (χ4n) is 2.91. The maximum Gasteiger partial charge on any atom is 0.511 e. The number of rotatable bonds is 10. The van der Waals surface area contributed by atoms with Gasteiger partial charge in [0.15, 0.2) is 0 Å². The van der Waals surface area contributed by atoms with Crippen LogP contribution in [0, 0.1) is 24.0 Å². The standard InChI is InChI=1S/C20H21ClF3NO9S/c1-10-8-15-13(11(2)16(10)21)9-14(17(34-15)20(22,23)24)18(26)32-12(3)33-19(27)30-4-6-35-7-5-31-25(28)29/h8-9,12,17H,4-7H2,1-3H3/t12?,17-/m0/s1. The van der Waals surface area contributed by atoms with Gasteiger partial charge in [-0.05, 0) is 37.1 Å². The van der Waals surface area contributed by atoms with E-state index in [1.54, 1.807) is 13.8 Å². The first-order valence-corrected chi connectivity index (χ1v) is 11.5. The number of hydrogen-bond donors (Lipinski definition) is 0. The Morgan fingerprint density at radius 2 is 1.91 bits per heavy atom. The highest BCUT2D eigenvalue weighted by atomic mass is 35.5. The number of benzene rings is 1. The van der Waals surface area contributed by atoms with Gasteiger partial charge in [-0.3, -0.25) is 0 Å². The van der Waals surface area contributed by atoms with Crippen LogP contribution < -0.4 is 4.74 Å². The van der Waals surface area contributed by atoms with Crippen LogP contribution in [0.2, 0.25) is 5.02 Å². The number of halogens is 4. The molecule has 194 valence electrons. The summed E-state index contributed by atoms with van der Waals surface area (Å²) < 4.78 is 60.2. The van der Waals surface area contributed by atoms with E-state index < -0.39 is 41.4 Å². The van der Waals surface area contributed by atoms with Gasteiger partial charge in [-0.25, -0.2) is 9.59 Å². The molecule has 1 aliphatic rings. The summed E-state index contributed by atoms with van der Waals surface area (Å²) >= 11 is 7.37. The molecular formula is C20H21ClF3NO9S. The molecule has 0 saturated carbocycles. The van der Waals surface area contributed by atoms with E-state index in [-0.39, 0.29) is 36.0 Å². The monoisotopic (exact) mass is 543 g/mol. The molecule has 0 spiro atoms. The number of fused-ring (bicyclic) bond motifs is 1. The lowest BCUT2D eigenvalue weighted by atomic mass is 9.96. The molecule has 15 heteroatoms. The summed E-state index contributed by atoms with van der Waals surface area (Å²) in [6.45, 7) is 4.03. The van der Waals surface area contributed by atoms with Gasteiger partial charge in [0.1, 0.15) is 19.0 Å². The van der Waals surface area contributed by atoms with E-state index in [1.807, 2.05) is 0 Å². The van der Waals surface area contributed by atoms with E-state index in [2.05, 4.69) is 4.84 Å². The Morgan fingerprint density at radius 3 is 2.54 bits per heavy atom. The largest absolute Gasteiger partial charge is 0.511 e. The van der Waals surface area contributed by atoms with Crippen LogP contribution in [0.3, 0.4) is 0 Å².